The summed E-state index contributed by atoms with van der Waals surface area (Å²) >= 11 is 0. The first kappa shape index (κ1) is 23.8. The summed E-state index contributed by atoms with van der Waals surface area (Å²) in [6, 6.07) is 2.24. The number of primary amides is 1. The summed E-state index contributed by atoms with van der Waals surface area (Å²) in [7, 11) is 0. The van der Waals surface area contributed by atoms with Crippen molar-refractivity contribution in [3.05, 3.63) is 77.9 Å². The molecule has 0 saturated carbocycles. The number of nitrogens with one attached hydrogen (secondary N) is 2. The quantitative estimate of drug-likeness (QED) is 0.430. The Morgan fingerprint density at radius 2 is 2.00 bits per heavy atom. The number of rotatable bonds is 10. The lowest BCUT2D eigenvalue weighted by Gasteiger charge is -2.24. The molecule has 164 valence electrons. The molecule has 8 heteroatoms. The van der Waals surface area contributed by atoms with Crippen molar-refractivity contribution < 1.29 is 9.18 Å². The molecule has 2 aromatic rings. The van der Waals surface area contributed by atoms with Crippen molar-refractivity contribution in [1.29, 1.82) is 0 Å². The lowest BCUT2D eigenvalue weighted by Crippen LogP contribution is -2.38. The van der Waals surface area contributed by atoms with E-state index >= 15 is 0 Å². The van der Waals surface area contributed by atoms with Gasteiger partial charge in [-0.2, -0.15) is 0 Å². The number of carbonyl (C=O) groups excluding carboxylic acids is 1. The van der Waals surface area contributed by atoms with Gasteiger partial charge in [0.15, 0.2) is 11.6 Å². The maximum atomic E-state index is 14.8. The number of nitrogens with two attached hydrogens (primary N) is 2. The lowest BCUT2D eigenvalue weighted by atomic mass is 10.0. The third-order valence-corrected chi connectivity index (χ3v) is 4.85. The highest BCUT2D eigenvalue weighted by Crippen LogP contribution is 2.25. The van der Waals surface area contributed by atoms with Crippen LogP contribution in [0.15, 0.2) is 55.3 Å². The topological polar surface area (TPSA) is 119 Å². The fourth-order valence-corrected chi connectivity index (χ4v) is 2.89. The molecule has 0 saturated heterocycles. The van der Waals surface area contributed by atoms with Crippen LogP contribution in [0, 0.1) is 19.7 Å². The summed E-state index contributed by atoms with van der Waals surface area (Å²) < 4.78 is 14.8. The van der Waals surface area contributed by atoms with Crippen LogP contribution < -0.4 is 22.1 Å². The fourth-order valence-electron chi connectivity index (χ4n) is 2.89. The largest absolute Gasteiger partial charge is 0.365 e. The van der Waals surface area contributed by atoms with Gasteiger partial charge in [0.1, 0.15) is 5.82 Å². The summed E-state index contributed by atoms with van der Waals surface area (Å²) in [5.41, 5.74) is 14.8. The van der Waals surface area contributed by atoms with Gasteiger partial charge in [-0.3, -0.25) is 9.78 Å². The number of carbonyl (C=O) groups is 1. The normalized spacial score (nSPS) is 13.3. The second kappa shape index (κ2) is 10.5. The maximum absolute atomic E-state index is 14.8. The van der Waals surface area contributed by atoms with Gasteiger partial charge in [0.2, 0.25) is 0 Å². The Morgan fingerprint density at radius 1 is 1.29 bits per heavy atom. The van der Waals surface area contributed by atoms with E-state index in [-0.39, 0.29) is 29.3 Å². The van der Waals surface area contributed by atoms with Crippen molar-refractivity contribution in [3.8, 4) is 0 Å². The lowest BCUT2D eigenvalue weighted by molar-refractivity contribution is 0.100. The molecule has 31 heavy (non-hydrogen) atoms. The molecule has 0 fully saturated rings. The number of allylic oxidation sites excluding steroid dienone is 3. The molecule has 2 heterocycles. The number of anilines is 3. The first-order valence-electron chi connectivity index (χ1n) is 9.83. The number of amides is 1. The Labute approximate surface area is 182 Å². The van der Waals surface area contributed by atoms with Gasteiger partial charge in [0.25, 0.3) is 5.91 Å². The van der Waals surface area contributed by atoms with Crippen molar-refractivity contribution in [3.63, 3.8) is 0 Å². The predicted octanol–water partition coefficient (Wildman–Crippen LogP) is 3.89. The van der Waals surface area contributed by atoms with Gasteiger partial charge in [-0.1, -0.05) is 31.4 Å². The molecule has 0 aliphatic rings. The van der Waals surface area contributed by atoms with E-state index in [4.69, 9.17) is 11.5 Å². The van der Waals surface area contributed by atoms with Crippen molar-refractivity contribution in [2.24, 2.45) is 11.5 Å². The highest BCUT2D eigenvalue weighted by atomic mass is 19.1. The number of hydrogen-bond donors (Lipinski definition) is 4. The van der Waals surface area contributed by atoms with E-state index in [0.29, 0.717) is 12.1 Å². The van der Waals surface area contributed by atoms with Gasteiger partial charge in [0, 0.05) is 17.8 Å². The zero-order valence-corrected chi connectivity index (χ0v) is 18.1. The van der Waals surface area contributed by atoms with Gasteiger partial charge in [0.05, 0.1) is 17.4 Å². The molecule has 1 unspecified atom stereocenters. The molecular formula is C23H29FN6O. The standard InChI is InChI=1S/C23H29FN6O/c1-6-8-16(7-2)10-20(14(4)25)29-23-19(24)11-18(21(26)31)22(30-23)28-17-9-13(3)15(5)27-12-17/h6-9,11-12,14,20H,1-2,10,25H2,3-5H3,(H2,26,31)(H2,28,29,30)/b16-8+/t14-,20?/m0/s1. The SMILES string of the molecule is C=C/C=C(\C=C)CC(Nc1nc(Nc2cnc(C)c(C)c2)c(C(N)=O)cc1F)[C@H](C)N. The minimum atomic E-state index is -0.802. The second-order valence-corrected chi connectivity index (χ2v) is 7.33. The van der Waals surface area contributed by atoms with Gasteiger partial charge < -0.3 is 22.1 Å². The molecule has 0 bridgehead atoms. The zero-order chi connectivity index (χ0) is 23.1. The number of aromatic nitrogens is 2. The molecule has 0 aliphatic heterocycles. The van der Waals surface area contributed by atoms with Crippen LogP contribution in [0.3, 0.4) is 0 Å². The van der Waals surface area contributed by atoms with Crippen LogP contribution in [0.1, 0.15) is 35.0 Å². The number of nitrogens with zero attached hydrogens (tertiary/aromatic N) is 2. The smallest absolute Gasteiger partial charge is 0.252 e. The molecule has 0 radical (unpaired) electrons. The molecule has 0 aliphatic carbocycles. The summed E-state index contributed by atoms with van der Waals surface area (Å²) in [5, 5.41) is 6.05. The molecule has 1 amide bonds. The van der Waals surface area contributed by atoms with E-state index in [9.17, 15) is 9.18 Å². The van der Waals surface area contributed by atoms with Crippen molar-refractivity contribution in [2.75, 3.05) is 10.6 Å². The Bertz CT molecular complexity index is 1020. The zero-order valence-electron chi connectivity index (χ0n) is 18.1. The molecule has 6 N–H and O–H groups in total. The number of aryl methyl sites for hydroxylation is 2. The van der Waals surface area contributed by atoms with Crippen LogP contribution in [0.25, 0.3) is 0 Å². The summed E-state index contributed by atoms with van der Waals surface area (Å²) in [6.45, 7) is 13.1. The Kier molecular flexibility index (Phi) is 8.04. The third kappa shape index (κ3) is 6.23. The molecule has 2 rings (SSSR count). The summed E-state index contributed by atoms with van der Waals surface area (Å²) in [5.74, 6) is -1.44. The van der Waals surface area contributed by atoms with Crippen LogP contribution in [0.5, 0.6) is 0 Å². The Balaban J connectivity index is 2.42. The molecule has 0 spiro atoms. The fraction of sp³-hybridized carbons (Fsp3) is 0.261. The van der Waals surface area contributed by atoms with Crippen molar-refractivity contribution in [1.82, 2.24) is 9.97 Å². The highest BCUT2D eigenvalue weighted by molar-refractivity contribution is 5.98. The van der Waals surface area contributed by atoms with Gasteiger partial charge in [-0.25, -0.2) is 9.37 Å². The van der Waals surface area contributed by atoms with Crippen LogP contribution in [0.2, 0.25) is 0 Å². The first-order chi connectivity index (χ1) is 14.7. The Hall–Kier alpha value is -3.52. The van der Waals surface area contributed by atoms with Crippen LogP contribution in [0.4, 0.5) is 21.7 Å². The molecule has 2 atom stereocenters. The first-order valence-corrected chi connectivity index (χ1v) is 9.83. The van der Waals surface area contributed by atoms with E-state index in [1.807, 2.05) is 32.9 Å². The average molecular weight is 425 g/mol. The van der Waals surface area contributed by atoms with E-state index in [2.05, 4.69) is 33.8 Å². The monoisotopic (exact) mass is 424 g/mol. The van der Waals surface area contributed by atoms with Gasteiger partial charge >= 0.3 is 0 Å². The molecular weight excluding hydrogens is 395 g/mol. The maximum Gasteiger partial charge on any atom is 0.252 e. The summed E-state index contributed by atoms with van der Waals surface area (Å²) in [4.78, 5) is 20.5. The number of halogens is 1. The molecule has 0 aromatic carbocycles. The predicted molar refractivity (Wildman–Crippen MR) is 124 cm³/mol. The second-order valence-electron chi connectivity index (χ2n) is 7.33. The minimum absolute atomic E-state index is 0.0476. The molecule has 7 nitrogen and oxygen atoms in total. The van der Waals surface area contributed by atoms with Gasteiger partial charge in [-0.15, -0.1) is 0 Å². The van der Waals surface area contributed by atoms with E-state index in [0.717, 1.165) is 22.9 Å². The van der Waals surface area contributed by atoms with Gasteiger partial charge in [-0.05, 0) is 50.5 Å². The van der Waals surface area contributed by atoms with Crippen LogP contribution in [-0.2, 0) is 0 Å². The number of pyridine rings is 2. The Morgan fingerprint density at radius 3 is 2.55 bits per heavy atom. The van der Waals surface area contributed by atoms with Crippen LogP contribution >= 0.6 is 0 Å². The van der Waals surface area contributed by atoms with E-state index < -0.39 is 11.7 Å². The summed E-state index contributed by atoms with van der Waals surface area (Å²) in [6.07, 6.45) is 7.24. The van der Waals surface area contributed by atoms with E-state index in [1.54, 1.807) is 18.3 Å². The average Bonchev–Trinajstić information content (AvgIpc) is 2.71. The van der Waals surface area contributed by atoms with E-state index in [1.165, 1.54) is 0 Å². The van der Waals surface area contributed by atoms with Crippen LogP contribution in [-0.4, -0.2) is 28.0 Å². The molecule has 2 aromatic heterocycles. The van der Waals surface area contributed by atoms with Crippen molar-refractivity contribution >= 4 is 23.2 Å². The number of hydrogen-bond acceptors (Lipinski definition) is 6. The minimum Gasteiger partial charge on any atom is -0.365 e. The highest BCUT2D eigenvalue weighted by Gasteiger charge is 2.21. The van der Waals surface area contributed by atoms with Crippen molar-refractivity contribution in [2.45, 2.75) is 39.3 Å². The third-order valence-electron chi connectivity index (χ3n) is 4.85.